The van der Waals surface area contributed by atoms with E-state index in [1.807, 2.05) is 0 Å². The predicted molar refractivity (Wildman–Crippen MR) is 84.9 cm³/mol. The largest absolute Gasteiger partial charge is 0.198 e. The predicted octanol–water partition coefficient (Wildman–Crippen LogP) is 6.10. The molecular weight excluding hydrogens is 230 g/mol. The smallest absolute Gasteiger partial charge is 0.0624 e. The zero-order valence-corrected chi connectivity index (χ0v) is 12.5. The first-order valence-corrected chi connectivity index (χ1v) is 7.73. The summed E-state index contributed by atoms with van der Waals surface area (Å²) in [6.07, 6.45) is 24.7. The van der Waals surface area contributed by atoms with Crippen LogP contribution in [-0.4, -0.2) is 0 Å². The number of hydrogen-bond acceptors (Lipinski definition) is 1. The lowest BCUT2D eigenvalue weighted by molar-refractivity contribution is 0.637. The Hall–Kier alpha value is -1.29. The second-order valence-corrected chi connectivity index (χ2v) is 4.79. The fourth-order valence-electron chi connectivity index (χ4n) is 1.79. The van der Waals surface area contributed by atoms with Gasteiger partial charge in [0.15, 0.2) is 0 Å². The van der Waals surface area contributed by atoms with Crippen LogP contribution in [0.5, 0.6) is 0 Å². The van der Waals surface area contributed by atoms with Crippen LogP contribution in [0, 0.1) is 11.3 Å². The molecule has 0 aromatic carbocycles. The van der Waals surface area contributed by atoms with Gasteiger partial charge in [-0.25, -0.2) is 0 Å². The van der Waals surface area contributed by atoms with Gasteiger partial charge in [0.2, 0.25) is 0 Å². The zero-order valence-electron chi connectivity index (χ0n) is 12.5. The number of nitriles is 1. The van der Waals surface area contributed by atoms with Gasteiger partial charge in [0.05, 0.1) is 6.07 Å². The SMILES string of the molecule is CCCCCCCC=CCC=CCC=CCCC#N. The highest BCUT2D eigenvalue weighted by Gasteiger charge is 1.85. The maximum atomic E-state index is 8.36. The van der Waals surface area contributed by atoms with Gasteiger partial charge in [-0.2, -0.15) is 5.26 Å². The van der Waals surface area contributed by atoms with Crippen molar-refractivity contribution < 1.29 is 0 Å². The van der Waals surface area contributed by atoms with E-state index in [1.165, 1.54) is 38.5 Å². The van der Waals surface area contributed by atoms with Crippen molar-refractivity contribution in [3.05, 3.63) is 36.5 Å². The monoisotopic (exact) mass is 259 g/mol. The van der Waals surface area contributed by atoms with Crippen LogP contribution in [0.15, 0.2) is 36.5 Å². The van der Waals surface area contributed by atoms with E-state index in [1.54, 1.807) is 0 Å². The van der Waals surface area contributed by atoms with E-state index < -0.39 is 0 Å². The summed E-state index contributed by atoms with van der Waals surface area (Å²) >= 11 is 0. The molecule has 0 radical (unpaired) electrons. The van der Waals surface area contributed by atoms with Gasteiger partial charge in [0.1, 0.15) is 0 Å². The molecule has 0 N–H and O–H groups in total. The van der Waals surface area contributed by atoms with Crippen molar-refractivity contribution in [1.29, 1.82) is 5.26 Å². The standard InChI is InChI=1S/C18H29N/c1-2-3-4-5-6-7-8-9-10-11-12-13-14-15-16-17-18-19/h8-9,11-12,14-15H,2-7,10,13,16-17H2,1H3. The minimum atomic E-state index is 0.626. The molecular formula is C18H29N. The summed E-state index contributed by atoms with van der Waals surface area (Å²) in [6.45, 7) is 2.25. The first-order chi connectivity index (χ1) is 9.41. The van der Waals surface area contributed by atoms with Gasteiger partial charge in [0, 0.05) is 6.42 Å². The molecule has 106 valence electrons. The Bertz CT molecular complexity index is 291. The summed E-state index contributed by atoms with van der Waals surface area (Å²) in [4.78, 5) is 0. The Morgan fingerprint density at radius 3 is 1.95 bits per heavy atom. The van der Waals surface area contributed by atoms with E-state index in [4.69, 9.17) is 5.26 Å². The van der Waals surface area contributed by atoms with E-state index in [0.717, 1.165) is 19.3 Å². The quantitative estimate of drug-likeness (QED) is 0.307. The molecule has 0 amide bonds. The van der Waals surface area contributed by atoms with Gasteiger partial charge < -0.3 is 0 Å². The molecule has 0 bridgehead atoms. The Morgan fingerprint density at radius 2 is 1.32 bits per heavy atom. The normalized spacial score (nSPS) is 11.8. The number of unbranched alkanes of at least 4 members (excludes halogenated alkanes) is 6. The van der Waals surface area contributed by atoms with Crippen molar-refractivity contribution in [2.45, 2.75) is 71.1 Å². The average Bonchev–Trinajstić information content (AvgIpc) is 2.43. The lowest BCUT2D eigenvalue weighted by atomic mass is 10.1. The van der Waals surface area contributed by atoms with Crippen molar-refractivity contribution in [1.82, 2.24) is 0 Å². The molecule has 0 saturated carbocycles. The van der Waals surface area contributed by atoms with Crippen LogP contribution in [0.2, 0.25) is 0 Å². The highest BCUT2D eigenvalue weighted by atomic mass is 14.2. The van der Waals surface area contributed by atoms with Gasteiger partial charge in [-0.15, -0.1) is 0 Å². The molecule has 0 rings (SSSR count). The third-order valence-electron chi connectivity index (χ3n) is 2.94. The zero-order chi connectivity index (χ0) is 14.0. The Balaban J connectivity index is 3.28. The molecule has 1 heteroatoms. The van der Waals surface area contributed by atoms with Crippen LogP contribution >= 0.6 is 0 Å². The van der Waals surface area contributed by atoms with Crippen LogP contribution in [0.25, 0.3) is 0 Å². The molecule has 0 unspecified atom stereocenters. The summed E-state index contributed by atoms with van der Waals surface area (Å²) < 4.78 is 0. The molecule has 0 atom stereocenters. The molecule has 0 aromatic heterocycles. The lowest BCUT2D eigenvalue weighted by Crippen LogP contribution is -1.75. The highest BCUT2D eigenvalue weighted by molar-refractivity contribution is 4.97. The van der Waals surface area contributed by atoms with E-state index in [0.29, 0.717) is 6.42 Å². The minimum Gasteiger partial charge on any atom is -0.198 e. The van der Waals surface area contributed by atoms with Gasteiger partial charge in [-0.05, 0) is 32.1 Å². The Kier molecular flexibility index (Phi) is 15.6. The van der Waals surface area contributed by atoms with Crippen LogP contribution in [-0.2, 0) is 0 Å². The molecule has 0 aliphatic heterocycles. The van der Waals surface area contributed by atoms with Gasteiger partial charge in [-0.3, -0.25) is 0 Å². The third kappa shape index (κ3) is 16.7. The molecule has 0 aliphatic carbocycles. The maximum Gasteiger partial charge on any atom is 0.0624 e. The maximum absolute atomic E-state index is 8.36. The highest BCUT2D eigenvalue weighted by Crippen LogP contribution is 2.05. The van der Waals surface area contributed by atoms with Crippen LogP contribution in [0.1, 0.15) is 71.1 Å². The Morgan fingerprint density at radius 1 is 0.737 bits per heavy atom. The molecule has 0 spiro atoms. The van der Waals surface area contributed by atoms with Gasteiger partial charge >= 0.3 is 0 Å². The number of nitrogens with zero attached hydrogens (tertiary/aromatic N) is 1. The van der Waals surface area contributed by atoms with Crippen LogP contribution < -0.4 is 0 Å². The second kappa shape index (κ2) is 16.7. The molecule has 0 aromatic rings. The van der Waals surface area contributed by atoms with Crippen molar-refractivity contribution in [3.8, 4) is 6.07 Å². The molecule has 19 heavy (non-hydrogen) atoms. The summed E-state index contributed by atoms with van der Waals surface area (Å²) in [5.41, 5.74) is 0. The average molecular weight is 259 g/mol. The fraction of sp³-hybridized carbons (Fsp3) is 0.611. The number of hydrogen-bond donors (Lipinski definition) is 0. The molecule has 0 heterocycles. The summed E-state index contributed by atoms with van der Waals surface area (Å²) in [6, 6.07) is 2.14. The van der Waals surface area contributed by atoms with Crippen LogP contribution in [0.4, 0.5) is 0 Å². The summed E-state index contributed by atoms with van der Waals surface area (Å²) in [5, 5.41) is 8.36. The minimum absolute atomic E-state index is 0.626. The molecule has 0 aliphatic rings. The van der Waals surface area contributed by atoms with Crippen molar-refractivity contribution >= 4 is 0 Å². The summed E-state index contributed by atoms with van der Waals surface area (Å²) in [7, 11) is 0. The van der Waals surface area contributed by atoms with E-state index in [9.17, 15) is 0 Å². The van der Waals surface area contributed by atoms with E-state index in [-0.39, 0.29) is 0 Å². The third-order valence-corrected chi connectivity index (χ3v) is 2.94. The molecule has 0 fully saturated rings. The van der Waals surface area contributed by atoms with Crippen molar-refractivity contribution in [2.24, 2.45) is 0 Å². The van der Waals surface area contributed by atoms with Crippen molar-refractivity contribution in [2.75, 3.05) is 0 Å². The van der Waals surface area contributed by atoms with Gasteiger partial charge in [0.25, 0.3) is 0 Å². The fourth-order valence-corrected chi connectivity index (χ4v) is 1.79. The lowest BCUT2D eigenvalue weighted by Gasteiger charge is -1.95. The first kappa shape index (κ1) is 17.7. The first-order valence-electron chi connectivity index (χ1n) is 7.73. The van der Waals surface area contributed by atoms with Gasteiger partial charge in [-0.1, -0.05) is 69.1 Å². The topological polar surface area (TPSA) is 23.8 Å². The molecule has 1 nitrogen and oxygen atoms in total. The van der Waals surface area contributed by atoms with E-state index in [2.05, 4.69) is 49.4 Å². The number of rotatable bonds is 12. The van der Waals surface area contributed by atoms with E-state index >= 15 is 0 Å². The summed E-state index contributed by atoms with van der Waals surface area (Å²) in [5.74, 6) is 0. The van der Waals surface area contributed by atoms with Crippen molar-refractivity contribution in [3.63, 3.8) is 0 Å². The Labute approximate surface area is 119 Å². The second-order valence-electron chi connectivity index (χ2n) is 4.79. The van der Waals surface area contributed by atoms with Crippen LogP contribution in [0.3, 0.4) is 0 Å². The number of allylic oxidation sites excluding steroid dienone is 6. The molecule has 0 saturated heterocycles.